The zero-order valence-corrected chi connectivity index (χ0v) is 23.9. The summed E-state index contributed by atoms with van der Waals surface area (Å²) in [6, 6.07) is 19.1. The van der Waals surface area contributed by atoms with Crippen molar-refractivity contribution >= 4 is 36.9 Å². The van der Waals surface area contributed by atoms with E-state index in [1.54, 1.807) is 0 Å². The lowest BCUT2D eigenvalue weighted by Crippen LogP contribution is -2.03. The molecule has 0 fully saturated rings. The predicted molar refractivity (Wildman–Crippen MR) is 167 cm³/mol. The molecule has 0 N–H and O–H groups in total. The highest BCUT2D eigenvalue weighted by Crippen LogP contribution is 2.33. The van der Waals surface area contributed by atoms with Crippen molar-refractivity contribution in [2.45, 2.75) is 65.2 Å². The maximum atomic E-state index is 11.0. The van der Waals surface area contributed by atoms with Gasteiger partial charge in [0.15, 0.2) is 0 Å². The molecular weight excluding hydrogens is 496 g/mol. The van der Waals surface area contributed by atoms with E-state index in [1.807, 2.05) is 72.8 Å². The first-order valence-corrected chi connectivity index (χ1v) is 14.6. The second kappa shape index (κ2) is 17.6. The first kappa shape index (κ1) is 30.6. The number of benzene rings is 3. The number of unbranched alkanes of at least 4 members (excludes halogenated alkanes) is 6. The number of aldehydes is 2. The third-order valence-electron chi connectivity index (χ3n) is 6.71. The first-order valence-electron chi connectivity index (χ1n) is 14.6. The van der Waals surface area contributed by atoms with Gasteiger partial charge in [-0.25, -0.2) is 0 Å². The van der Waals surface area contributed by atoms with Crippen molar-refractivity contribution in [1.29, 1.82) is 0 Å². The minimum atomic E-state index is 0.655. The van der Waals surface area contributed by atoms with Gasteiger partial charge in [-0.1, -0.05) is 125 Å². The molecule has 4 nitrogen and oxygen atoms in total. The Morgan fingerprint density at radius 3 is 1.23 bits per heavy atom. The van der Waals surface area contributed by atoms with Gasteiger partial charge in [-0.15, -0.1) is 0 Å². The van der Waals surface area contributed by atoms with Crippen molar-refractivity contribution in [3.8, 4) is 11.5 Å². The van der Waals surface area contributed by atoms with E-state index in [9.17, 15) is 9.59 Å². The highest BCUT2D eigenvalue weighted by molar-refractivity contribution is 5.81. The highest BCUT2D eigenvalue weighted by atomic mass is 16.5. The molecule has 0 aliphatic carbocycles. The summed E-state index contributed by atoms with van der Waals surface area (Å²) in [6.45, 7) is 5.72. The van der Waals surface area contributed by atoms with Crippen LogP contribution in [-0.4, -0.2) is 25.8 Å². The topological polar surface area (TPSA) is 52.6 Å². The molecule has 0 amide bonds. The molecule has 0 heterocycles. The van der Waals surface area contributed by atoms with Crippen molar-refractivity contribution in [2.75, 3.05) is 13.2 Å². The quantitative estimate of drug-likeness (QED) is 0.0919. The molecule has 0 saturated carbocycles. The van der Waals surface area contributed by atoms with Gasteiger partial charge in [-0.2, -0.15) is 0 Å². The predicted octanol–water partition coefficient (Wildman–Crippen LogP) is 9.57. The summed E-state index contributed by atoms with van der Waals surface area (Å²) in [6.07, 6.45) is 18.9. The molecule has 3 rings (SSSR count). The summed E-state index contributed by atoms with van der Waals surface area (Å²) in [5.74, 6) is 1.62. The molecule has 0 radical (unpaired) electrons. The van der Waals surface area contributed by atoms with E-state index >= 15 is 0 Å². The molecule has 0 aromatic heterocycles. The van der Waals surface area contributed by atoms with Crippen LogP contribution < -0.4 is 9.47 Å². The van der Waals surface area contributed by atoms with E-state index in [4.69, 9.17) is 9.47 Å². The maximum Gasteiger partial charge on any atom is 0.150 e. The lowest BCUT2D eigenvalue weighted by molar-refractivity contribution is 0.111. The Morgan fingerprint density at radius 2 is 0.875 bits per heavy atom. The fraction of sp³-hybridized carbons (Fsp3) is 0.333. The molecule has 0 saturated heterocycles. The van der Waals surface area contributed by atoms with Crippen LogP contribution in [0, 0.1) is 0 Å². The van der Waals surface area contributed by atoms with Crippen molar-refractivity contribution in [1.82, 2.24) is 0 Å². The molecule has 0 spiro atoms. The fourth-order valence-electron chi connectivity index (χ4n) is 4.27. The Hall–Kier alpha value is -3.92. The SMILES string of the molecule is CCCCCCOc1cc(/C=C/c2ccc(C=O)cc2)c(OCCCCCC)cc1/C=C/c1ccc(C=O)cc1. The van der Waals surface area contributed by atoms with Crippen LogP contribution in [0.25, 0.3) is 24.3 Å². The van der Waals surface area contributed by atoms with Crippen LogP contribution in [-0.2, 0) is 0 Å². The van der Waals surface area contributed by atoms with Crippen LogP contribution in [0.4, 0.5) is 0 Å². The summed E-state index contributed by atoms with van der Waals surface area (Å²) in [4.78, 5) is 22.1. The number of hydrogen-bond donors (Lipinski definition) is 0. The Bertz CT molecular complexity index is 1140. The Kier molecular flexibility index (Phi) is 13.5. The van der Waals surface area contributed by atoms with Gasteiger partial charge >= 0.3 is 0 Å². The Labute approximate surface area is 239 Å². The summed E-state index contributed by atoms with van der Waals surface area (Å²) >= 11 is 0. The number of ether oxygens (including phenoxy) is 2. The molecule has 0 unspecified atom stereocenters. The van der Waals surface area contributed by atoms with Crippen molar-refractivity contribution < 1.29 is 19.1 Å². The number of hydrogen-bond acceptors (Lipinski definition) is 4. The largest absolute Gasteiger partial charge is 0.493 e. The Morgan fingerprint density at radius 1 is 0.500 bits per heavy atom. The van der Waals surface area contributed by atoms with Gasteiger partial charge in [0.1, 0.15) is 24.1 Å². The van der Waals surface area contributed by atoms with Crippen molar-refractivity contribution in [3.05, 3.63) is 94.0 Å². The molecule has 4 heteroatoms. The minimum Gasteiger partial charge on any atom is -0.493 e. The molecule has 0 aliphatic rings. The molecule has 210 valence electrons. The molecule has 3 aromatic carbocycles. The lowest BCUT2D eigenvalue weighted by Gasteiger charge is -2.15. The van der Waals surface area contributed by atoms with Crippen LogP contribution in [0.2, 0.25) is 0 Å². The summed E-state index contributed by atoms with van der Waals surface area (Å²) in [5, 5.41) is 0. The molecule has 0 bridgehead atoms. The smallest absolute Gasteiger partial charge is 0.150 e. The monoisotopic (exact) mass is 538 g/mol. The molecule has 40 heavy (non-hydrogen) atoms. The second-order valence-electron chi connectivity index (χ2n) is 9.98. The van der Waals surface area contributed by atoms with Gasteiger partial charge in [0.05, 0.1) is 13.2 Å². The van der Waals surface area contributed by atoms with Gasteiger partial charge in [-0.3, -0.25) is 9.59 Å². The third-order valence-corrected chi connectivity index (χ3v) is 6.71. The van der Waals surface area contributed by atoms with Gasteiger partial charge < -0.3 is 9.47 Å². The summed E-state index contributed by atoms with van der Waals surface area (Å²) in [5.41, 5.74) is 5.22. The number of carbonyl (C=O) groups excluding carboxylic acids is 2. The van der Waals surface area contributed by atoms with Crippen LogP contribution >= 0.6 is 0 Å². The highest BCUT2D eigenvalue weighted by Gasteiger charge is 2.10. The molecular formula is C36H42O4. The van der Waals surface area contributed by atoms with E-state index in [0.29, 0.717) is 24.3 Å². The molecule has 3 aromatic rings. The zero-order valence-electron chi connectivity index (χ0n) is 23.9. The van der Waals surface area contributed by atoms with E-state index < -0.39 is 0 Å². The fourth-order valence-corrected chi connectivity index (χ4v) is 4.27. The van der Waals surface area contributed by atoms with Crippen LogP contribution in [0.15, 0.2) is 60.7 Å². The normalized spacial score (nSPS) is 11.2. The summed E-state index contributed by atoms with van der Waals surface area (Å²) < 4.78 is 12.6. The Balaban J connectivity index is 1.93. The van der Waals surface area contributed by atoms with Crippen LogP contribution in [0.5, 0.6) is 11.5 Å². The standard InChI is InChI=1S/C36H42O4/c1-3-5-7-9-23-39-35-25-34(22-20-30-13-17-32(28-38)18-14-30)36(40-24-10-8-6-4-2)26-33(35)21-19-29-11-15-31(27-37)16-12-29/h11-22,25-28H,3-10,23-24H2,1-2H3/b21-19+,22-20+. The zero-order chi connectivity index (χ0) is 28.4. The number of carbonyl (C=O) groups is 2. The number of rotatable bonds is 18. The van der Waals surface area contributed by atoms with Gasteiger partial charge in [0.25, 0.3) is 0 Å². The average Bonchev–Trinajstić information content (AvgIpc) is 3.00. The van der Waals surface area contributed by atoms with Crippen molar-refractivity contribution in [2.24, 2.45) is 0 Å². The van der Waals surface area contributed by atoms with Gasteiger partial charge in [0.2, 0.25) is 0 Å². The average molecular weight is 539 g/mol. The lowest BCUT2D eigenvalue weighted by atomic mass is 10.0. The van der Waals surface area contributed by atoms with Gasteiger partial charge in [0, 0.05) is 22.3 Å². The first-order chi connectivity index (χ1) is 19.7. The second-order valence-corrected chi connectivity index (χ2v) is 9.98. The minimum absolute atomic E-state index is 0.655. The van der Waals surface area contributed by atoms with E-state index in [2.05, 4.69) is 26.0 Å². The van der Waals surface area contributed by atoms with Crippen LogP contribution in [0.1, 0.15) is 108 Å². The van der Waals surface area contributed by atoms with E-state index in [0.717, 1.165) is 72.0 Å². The summed E-state index contributed by atoms with van der Waals surface area (Å²) in [7, 11) is 0. The van der Waals surface area contributed by atoms with Gasteiger partial charge in [-0.05, 0) is 36.1 Å². The van der Waals surface area contributed by atoms with E-state index in [-0.39, 0.29) is 0 Å². The maximum absolute atomic E-state index is 11.0. The van der Waals surface area contributed by atoms with Crippen LogP contribution in [0.3, 0.4) is 0 Å². The third kappa shape index (κ3) is 10.3. The van der Waals surface area contributed by atoms with Crippen molar-refractivity contribution in [3.63, 3.8) is 0 Å². The molecule has 0 aliphatic heterocycles. The molecule has 0 atom stereocenters. The van der Waals surface area contributed by atoms with E-state index in [1.165, 1.54) is 25.7 Å².